The highest BCUT2D eigenvalue weighted by Gasteiger charge is 2.22. The van der Waals surface area contributed by atoms with Crippen LogP contribution in [0.1, 0.15) is 40.7 Å². The van der Waals surface area contributed by atoms with Gasteiger partial charge in [0.1, 0.15) is 5.65 Å². The first-order chi connectivity index (χ1) is 17.4. The standard InChI is InChI=1S/C26H28N6O3S/c1-15-4-3-5-32(15)12-24(34)29-20-9-22(16(2)27-11-20)31-26(35)18-6-17-8-23(30-25(17)28-10-18)19-7-21(13-33)36-14-19/h6-11,14-15,33H,3-5,12-13H2,1-2H3,(H,28,30)(H,29,34)(H,31,35)/t15-/m0/s1. The number of thiophene rings is 1. The van der Waals surface area contributed by atoms with E-state index in [2.05, 4.69) is 37.4 Å². The van der Waals surface area contributed by atoms with E-state index in [4.69, 9.17) is 0 Å². The molecule has 0 radical (unpaired) electrons. The number of aromatic amines is 1. The summed E-state index contributed by atoms with van der Waals surface area (Å²) in [4.78, 5) is 40.6. The van der Waals surface area contributed by atoms with Gasteiger partial charge in [0.15, 0.2) is 0 Å². The molecular formula is C26H28N6O3S. The molecule has 1 aliphatic rings. The number of anilines is 2. The van der Waals surface area contributed by atoms with Gasteiger partial charge in [0.05, 0.1) is 42.0 Å². The Bertz CT molecular complexity index is 1430. The quantitative estimate of drug-likeness (QED) is 0.300. The van der Waals surface area contributed by atoms with Crippen LogP contribution in [0.25, 0.3) is 22.3 Å². The van der Waals surface area contributed by atoms with Crippen LogP contribution in [0.5, 0.6) is 0 Å². The molecule has 5 rings (SSSR count). The van der Waals surface area contributed by atoms with E-state index in [1.807, 2.05) is 17.5 Å². The van der Waals surface area contributed by atoms with Crippen molar-refractivity contribution in [2.24, 2.45) is 0 Å². The van der Waals surface area contributed by atoms with E-state index >= 15 is 0 Å². The maximum Gasteiger partial charge on any atom is 0.257 e. The molecule has 4 aromatic heterocycles. The number of hydrogen-bond donors (Lipinski definition) is 4. The van der Waals surface area contributed by atoms with Crippen molar-refractivity contribution >= 4 is 45.6 Å². The zero-order valence-corrected chi connectivity index (χ0v) is 21.0. The van der Waals surface area contributed by atoms with Gasteiger partial charge in [-0.2, -0.15) is 0 Å². The zero-order chi connectivity index (χ0) is 25.2. The number of H-pyrrole nitrogens is 1. The van der Waals surface area contributed by atoms with Crippen LogP contribution in [-0.2, 0) is 11.4 Å². The summed E-state index contributed by atoms with van der Waals surface area (Å²) in [7, 11) is 0. The number of pyridine rings is 2. The van der Waals surface area contributed by atoms with Gasteiger partial charge >= 0.3 is 0 Å². The van der Waals surface area contributed by atoms with Gasteiger partial charge in [-0.15, -0.1) is 11.3 Å². The van der Waals surface area contributed by atoms with Crippen LogP contribution in [0.3, 0.4) is 0 Å². The van der Waals surface area contributed by atoms with Gasteiger partial charge in [-0.05, 0) is 57.5 Å². The van der Waals surface area contributed by atoms with E-state index in [1.165, 1.54) is 17.5 Å². The molecule has 0 aromatic carbocycles. The van der Waals surface area contributed by atoms with E-state index < -0.39 is 0 Å². The molecule has 9 nitrogen and oxygen atoms in total. The summed E-state index contributed by atoms with van der Waals surface area (Å²) in [5.74, 6) is -0.411. The average Bonchev–Trinajstić information content (AvgIpc) is 3.60. The predicted octanol–water partition coefficient (Wildman–Crippen LogP) is 4.16. The van der Waals surface area contributed by atoms with Crippen molar-refractivity contribution in [3.05, 3.63) is 58.2 Å². The Morgan fingerprint density at radius 1 is 1.19 bits per heavy atom. The number of nitrogens with zero attached hydrogens (tertiary/aromatic N) is 3. The third-order valence-electron chi connectivity index (χ3n) is 6.51. The molecule has 36 heavy (non-hydrogen) atoms. The van der Waals surface area contributed by atoms with E-state index in [0.717, 1.165) is 40.9 Å². The molecule has 1 atom stereocenters. The molecule has 4 aromatic rings. The first-order valence-electron chi connectivity index (χ1n) is 11.9. The molecule has 2 amide bonds. The SMILES string of the molecule is Cc1ncc(NC(=O)CN2CCC[C@@H]2C)cc1NC(=O)c1cnc2[nH]c(-c3csc(CO)c3)cc2c1. The Balaban J connectivity index is 1.29. The zero-order valence-electron chi connectivity index (χ0n) is 20.2. The fourth-order valence-corrected chi connectivity index (χ4v) is 5.18. The van der Waals surface area contributed by atoms with Crippen LogP contribution >= 0.6 is 11.3 Å². The topological polar surface area (TPSA) is 123 Å². The number of rotatable bonds is 7. The minimum atomic E-state index is -0.315. The Morgan fingerprint density at radius 3 is 2.81 bits per heavy atom. The largest absolute Gasteiger partial charge is 0.391 e. The van der Waals surface area contributed by atoms with Crippen LogP contribution in [-0.4, -0.2) is 55.9 Å². The Hall–Kier alpha value is -3.60. The lowest BCUT2D eigenvalue weighted by Crippen LogP contribution is -2.35. The molecule has 0 saturated carbocycles. The number of aromatic nitrogens is 3. The number of fused-ring (bicyclic) bond motifs is 1. The van der Waals surface area contributed by atoms with Crippen molar-refractivity contribution in [2.45, 2.75) is 39.3 Å². The summed E-state index contributed by atoms with van der Waals surface area (Å²) in [5.41, 5.74) is 4.63. The summed E-state index contributed by atoms with van der Waals surface area (Å²) in [5, 5.41) is 17.9. The normalized spacial score (nSPS) is 15.9. The van der Waals surface area contributed by atoms with Gasteiger partial charge in [-0.3, -0.25) is 19.5 Å². The number of likely N-dealkylation sites (tertiary alicyclic amines) is 1. The van der Waals surface area contributed by atoms with Crippen molar-refractivity contribution in [1.82, 2.24) is 19.9 Å². The highest BCUT2D eigenvalue weighted by molar-refractivity contribution is 7.10. The highest BCUT2D eigenvalue weighted by atomic mass is 32.1. The van der Waals surface area contributed by atoms with Crippen molar-refractivity contribution in [2.75, 3.05) is 23.7 Å². The summed E-state index contributed by atoms with van der Waals surface area (Å²) in [6.07, 6.45) is 5.34. The monoisotopic (exact) mass is 504 g/mol. The molecule has 10 heteroatoms. The van der Waals surface area contributed by atoms with Crippen LogP contribution in [0.4, 0.5) is 11.4 Å². The maximum atomic E-state index is 13.0. The average molecular weight is 505 g/mol. The number of nitrogens with one attached hydrogen (secondary N) is 3. The number of aryl methyl sites for hydroxylation is 1. The van der Waals surface area contributed by atoms with Crippen molar-refractivity contribution in [1.29, 1.82) is 0 Å². The Kier molecular flexibility index (Phi) is 6.82. The van der Waals surface area contributed by atoms with E-state index in [-0.39, 0.29) is 18.4 Å². The summed E-state index contributed by atoms with van der Waals surface area (Å²) >= 11 is 1.49. The first kappa shape index (κ1) is 24.1. The first-order valence-corrected chi connectivity index (χ1v) is 12.8. The second-order valence-corrected chi connectivity index (χ2v) is 10.1. The summed E-state index contributed by atoms with van der Waals surface area (Å²) < 4.78 is 0. The molecule has 0 aliphatic carbocycles. The molecule has 1 saturated heterocycles. The van der Waals surface area contributed by atoms with Gasteiger partial charge in [0.2, 0.25) is 5.91 Å². The van der Waals surface area contributed by atoms with Crippen molar-refractivity contribution in [3.63, 3.8) is 0 Å². The van der Waals surface area contributed by atoms with Crippen molar-refractivity contribution < 1.29 is 14.7 Å². The molecule has 1 aliphatic heterocycles. The maximum absolute atomic E-state index is 13.0. The minimum Gasteiger partial charge on any atom is -0.391 e. The van der Waals surface area contributed by atoms with Crippen LogP contribution in [0.15, 0.2) is 42.0 Å². The number of carbonyl (C=O) groups excluding carboxylic acids is 2. The third kappa shape index (κ3) is 5.15. The molecule has 5 heterocycles. The number of aliphatic hydroxyl groups is 1. The molecule has 0 bridgehead atoms. The molecule has 1 fully saturated rings. The molecule has 4 N–H and O–H groups in total. The Morgan fingerprint density at radius 2 is 2.06 bits per heavy atom. The number of aliphatic hydroxyl groups excluding tert-OH is 1. The second kappa shape index (κ2) is 10.2. The van der Waals surface area contributed by atoms with Gasteiger partial charge < -0.3 is 20.7 Å². The lowest BCUT2D eigenvalue weighted by atomic mass is 10.2. The van der Waals surface area contributed by atoms with Gasteiger partial charge in [-0.1, -0.05) is 0 Å². The molecule has 0 spiro atoms. The van der Waals surface area contributed by atoms with Crippen LogP contribution < -0.4 is 10.6 Å². The van der Waals surface area contributed by atoms with Gasteiger partial charge in [-0.25, -0.2) is 4.98 Å². The number of hydrogen-bond acceptors (Lipinski definition) is 7. The van der Waals surface area contributed by atoms with Gasteiger partial charge in [0.25, 0.3) is 5.91 Å². The lowest BCUT2D eigenvalue weighted by Gasteiger charge is -2.20. The van der Waals surface area contributed by atoms with Gasteiger partial charge in [0, 0.05) is 39.1 Å². The second-order valence-electron chi connectivity index (χ2n) is 9.13. The number of carbonyl (C=O) groups is 2. The Labute approximate surface area is 212 Å². The third-order valence-corrected chi connectivity index (χ3v) is 7.43. The molecule has 186 valence electrons. The van der Waals surface area contributed by atoms with E-state index in [1.54, 1.807) is 25.3 Å². The van der Waals surface area contributed by atoms with E-state index in [0.29, 0.717) is 40.9 Å². The highest BCUT2D eigenvalue weighted by Crippen LogP contribution is 2.28. The summed E-state index contributed by atoms with van der Waals surface area (Å²) in [6, 6.07) is 7.78. The van der Waals surface area contributed by atoms with Crippen LogP contribution in [0.2, 0.25) is 0 Å². The van der Waals surface area contributed by atoms with Crippen LogP contribution in [0, 0.1) is 6.92 Å². The van der Waals surface area contributed by atoms with Crippen molar-refractivity contribution in [3.8, 4) is 11.3 Å². The van der Waals surface area contributed by atoms with E-state index in [9.17, 15) is 14.7 Å². The summed E-state index contributed by atoms with van der Waals surface area (Å²) in [6.45, 7) is 5.21. The molecular weight excluding hydrogens is 476 g/mol. The fraction of sp³-hybridized carbons (Fsp3) is 0.308. The predicted molar refractivity (Wildman–Crippen MR) is 141 cm³/mol. The minimum absolute atomic E-state index is 0.00423. The molecule has 0 unspecified atom stereocenters. The smallest absolute Gasteiger partial charge is 0.257 e. The fourth-order valence-electron chi connectivity index (χ4n) is 4.43. The number of amides is 2. The lowest BCUT2D eigenvalue weighted by molar-refractivity contribution is -0.117.